The third-order valence-corrected chi connectivity index (χ3v) is 6.77. The Hall–Kier alpha value is -4.66. The Morgan fingerprint density at radius 1 is 0.925 bits per heavy atom. The number of halogens is 1. The van der Waals surface area contributed by atoms with Gasteiger partial charge in [0.1, 0.15) is 17.9 Å². The summed E-state index contributed by atoms with van der Waals surface area (Å²) in [4.78, 5) is 43.5. The van der Waals surface area contributed by atoms with Crippen LogP contribution < -0.4 is 14.9 Å². The fourth-order valence-electron chi connectivity index (χ4n) is 4.55. The van der Waals surface area contributed by atoms with Gasteiger partial charge in [0, 0.05) is 18.7 Å². The van der Waals surface area contributed by atoms with Crippen LogP contribution in [0.3, 0.4) is 0 Å². The molecule has 2 amide bonds. The van der Waals surface area contributed by atoms with Crippen molar-refractivity contribution >= 4 is 22.8 Å². The Kier molecular flexibility index (Phi) is 8.10. The molecule has 9 heteroatoms. The van der Waals surface area contributed by atoms with Crippen molar-refractivity contribution in [2.24, 2.45) is 0 Å². The molecule has 0 atom stereocenters. The zero-order valence-corrected chi connectivity index (χ0v) is 22.1. The quantitative estimate of drug-likeness (QED) is 0.275. The second kappa shape index (κ2) is 12.0. The molecule has 0 saturated heterocycles. The second-order valence-electron chi connectivity index (χ2n) is 9.61. The Morgan fingerprint density at radius 3 is 2.50 bits per heavy atom. The average molecular weight is 545 g/mol. The maximum Gasteiger partial charge on any atom is 0.254 e. The van der Waals surface area contributed by atoms with Crippen molar-refractivity contribution in [3.05, 3.63) is 106 Å². The number of nitrogens with zero attached hydrogens (tertiary/aromatic N) is 2. The molecule has 0 N–H and O–H groups in total. The highest BCUT2D eigenvalue weighted by atomic mass is 19.1. The van der Waals surface area contributed by atoms with E-state index in [0.29, 0.717) is 52.1 Å². The standard InChI is InChI=1S/C31H29FN2O6/c1-2-3-14-33(31(37)22-10-13-27-28(15-22)40-20-39-27)18-29(35)34(16-21-8-11-24(32)12-9-21)17-23-19-38-26-7-5-4-6-25(26)30(23)36/h4-13,15,19H,2-3,14,16-18,20H2,1H3. The highest BCUT2D eigenvalue weighted by molar-refractivity contribution is 5.97. The van der Waals surface area contributed by atoms with E-state index in [4.69, 9.17) is 13.9 Å². The molecule has 0 radical (unpaired) electrons. The summed E-state index contributed by atoms with van der Waals surface area (Å²) < 4.78 is 30.0. The zero-order chi connectivity index (χ0) is 28.1. The van der Waals surface area contributed by atoms with Gasteiger partial charge >= 0.3 is 0 Å². The van der Waals surface area contributed by atoms with E-state index < -0.39 is 5.82 Å². The number of hydrogen-bond acceptors (Lipinski definition) is 6. The number of hydrogen-bond donors (Lipinski definition) is 0. The van der Waals surface area contributed by atoms with E-state index in [0.717, 1.165) is 6.42 Å². The van der Waals surface area contributed by atoms with Gasteiger partial charge in [0.15, 0.2) is 16.9 Å². The van der Waals surface area contributed by atoms with Crippen LogP contribution in [0.25, 0.3) is 11.0 Å². The summed E-state index contributed by atoms with van der Waals surface area (Å²) in [5, 5.41) is 0.414. The van der Waals surface area contributed by atoms with E-state index in [1.165, 1.54) is 28.2 Å². The van der Waals surface area contributed by atoms with Crippen LogP contribution in [0.2, 0.25) is 0 Å². The minimum atomic E-state index is -0.392. The molecule has 1 aliphatic rings. The first-order valence-corrected chi connectivity index (χ1v) is 13.1. The van der Waals surface area contributed by atoms with E-state index >= 15 is 0 Å². The molecule has 0 fully saturated rings. The SMILES string of the molecule is CCCCN(CC(=O)N(Cc1ccc(F)cc1)Cc1coc2ccccc2c1=O)C(=O)c1ccc2c(c1)OCO2. The van der Waals surface area contributed by atoms with E-state index in [1.807, 2.05) is 6.92 Å². The monoisotopic (exact) mass is 544 g/mol. The van der Waals surface area contributed by atoms with Crippen molar-refractivity contribution in [3.8, 4) is 11.5 Å². The molecule has 8 nitrogen and oxygen atoms in total. The number of ether oxygens (including phenoxy) is 2. The molecule has 0 spiro atoms. The lowest BCUT2D eigenvalue weighted by Gasteiger charge is -2.28. The van der Waals surface area contributed by atoms with Gasteiger partial charge in [0.05, 0.1) is 23.8 Å². The highest BCUT2D eigenvalue weighted by Crippen LogP contribution is 2.33. The minimum Gasteiger partial charge on any atom is -0.464 e. The number of amides is 2. The van der Waals surface area contributed by atoms with Crippen LogP contribution >= 0.6 is 0 Å². The number of carbonyl (C=O) groups is 2. The van der Waals surface area contributed by atoms with E-state index in [-0.39, 0.29) is 43.7 Å². The van der Waals surface area contributed by atoms with Gasteiger partial charge in [-0.05, 0) is 54.4 Å². The molecule has 1 aliphatic heterocycles. The molecule has 2 heterocycles. The van der Waals surface area contributed by atoms with E-state index in [9.17, 15) is 18.8 Å². The van der Waals surface area contributed by atoms with Crippen molar-refractivity contribution in [3.63, 3.8) is 0 Å². The van der Waals surface area contributed by atoms with Crippen LogP contribution in [-0.2, 0) is 17.9 Å². The van der Waals surface area contributed by atoms with Crippen molar-refractivity contribution in [1.29, 1.82) is 0 Å². The van der Waals surface area contributed by atoms with Crippen LogP contribution in [-0.4, -0.2) is 41.5 Å². The lowest BCUT2D eigenvalue weighted by Crippen LogP contribution is -2.43. The summed E-state index contributed by atoms with van der Waals surface area (Å²) >= 11 is 0. The number of para-hydroxylation sites is 1. The smallest absolute Gasteiger partial charge is 0.254 e. The number of fused-ring (bicyclic) bond motifs is 2. The van der Waals surface area contributed by atoms with Gasteiger partial charge in [-0.1, -0.05) is 37.6 Å². The van der Waals surface area contributed by atoms with E-state index in [2.05, 4.69) is 0 Å². The van der Waals surface area contributed by atoms with Crippen LogP contribution in [0, 0.1) is 5.82 Å². The molecule has 0 unspecified atom stereocenters. The number of carbonyl (C=O) groups excluding carboxylic acids is 2. The van der Waals surface area contributed by atoms with Gasteiger partial charge < -0.3 is 23.7 Å². The van der Waals surface area contributed by atoms with Crippen molar-refractivity contribution in [1.82, 2.24) is 9.80 Å². The van der Waals surface area contributed by atoms with Crippen LogP contribution in [0.15, 0.2) is 82.2 Å². The normalized spacial score (nSPS) is 11.9. The largest absolute Gasteiger partial charge is 0.464 e. The first-order chi connectivity index (χ1) is 19.4. The van der Waals surface area contributed by atoms with Crippen molar-refractivity contribution in [2.75, 3.05) is 19.9 Å². The molecule has 0 bridgehead atoms. The summed E-state index contributed by atoms with van der Waals surface area (Å²) in [5.74, 6) is -0.0213. The molecule has 3 aromatic carbocycles. The van der Waals surface area contributed by atoms with Crippen LogP contribution in [0.5, 0.6) is 11.5 Å². The second-order valence-corrected chi connectivity index (χ2v) is 9.61. The lowest BCUT2D eigenvalue weighted by molar-refractivity contribution is -0.133. The third-order valence-electron chi connectivity index (χ3n) is 6.77. The fraction of sp³-hybridized carbons (Fsp3) is 0.258. The maximum absolute atomic E-state index is 13.8. The highest BCUT2D eigenvalue weighted by Gasteiger charge is 2.25. The molecule has 4 aromatic rings. The molecule has 40 heavy (non-hydrogen) atoms. The molecule has 0 aliphatic carbocycles. The summed E-state index contributed by atoms with van der Waals surface area (Å²) in [7, 11) is 0. The van der Waals surface area contributed by atoms with Crippen LogP contribution in [0.1, 0.15) is 41.3 Å². The topological polar surface area (TPSA) is 89.3 Å². The Labute approximate surface area is 230 Å². The number of unbranched alkanes of at least 4 members (excludes halogenated alkanes) is 1. The van der Waals surface area contributed by atoms with Gasteiger partial charge in [-0.15, -0.1) is 0 Å². The molecule has 5 rings (SSSR count). The summed E-state index contributed by atoms with van der Waals surface area (Å²) in [6.07, 6.45) is 2.90. The molecule has 0 saturated carbocycles. The van der Waals surface area contributed by atoms with Gasteiger partial charge in [-0.3, -0.25) is 14.4 Å². The Bertz CT molecular complexity index is 1580. The van der Waals surface area contributed by atoms with Gasteiger partial charge in [-0.2, -0.15) is 0 Å². The Morgan fingerprint density at radius 2 is 1.70 bits per heavy atom. The fourth-order valence-corrected chi connectivity index (χ4v) is 4.55. The Balaban J connectivity index is 1.42. The minimum absolute atomic E-state index is 0.0385. The predicted octanol–water partition coefficient (Wildman–Crippen LogP) is 5.13. The molecular weight excluding hydrogens is 515 g/mol. The van der Waals surface area contributed by atoms with Crippen molar-refractivity contribution < 1.29 is 27.9 Å². The first-order valence-electron chi connectivity index (χ1n) is 13.1. The predicted molar refractivity (Wildman–Crippen MR) is 147 cm³/mol. The average Bonchev–Trinajstić information content (AvgIpc) is 3.45. The summed E-state index contributed by atoms with van der Waals surface area (Å²) in [5.41, 5.74) is 1.58. The number of benzene rings is 3. The van der Waals surface area contributed by atoms with Gasteiger partial charge in [0.25, 0.3) is 5.91 Å². The van der Waals surface area contributed by atoms with Crippen molar-refractivity contribution in [2.45, 2.75) is 32.9 Å². The third kappa shape index (κ3) is 5.98. The van der Waals surface area contributed by atoms with Gasteiger partial charge in [0.2, 0.25) is 12.7 Å². The summed E-state index contributed by atoms with van der Waals surface area (Å²) in [6.45, 7) is 2.34. The summed E-state index contributed by atoms with van der Waals surface area (Å²) in [6, 6.07) is 17.7. The molecule has 1 aromatic heterocycles. The number of rotatable bonds is 10. The van der Waals surface area contributed by atoms with E-state index in [1.54, 1.807) is 54.6 Å². The van der Waals surface area contributed by atoms with Gasteiger partial charge in [-0.25, -0.2) is 4.39 Å². The molecular formula is C31H29FN2O6. The first kappa shape index (κ1) is 26.9. The maximum atomic E-state index is 13.8. The lowest BCUT2D eigenvalue weighted by atomic mass is 10.1. The van der Waals surface area contributed by atoms with Crippen LogP contribution in [0.4, 0.5) is 4.39 Å². The zero-order valence-electron chi connectivity index (χ0n) is 22.1. The molecule has 206 valence electrons.